The van der Waals surface area contributed by atoms with Crippen LogP contribution in [0, 0.1) is 5.92 Å². The molecule has 54 heavy (non-hydrogen) atoms. The molecule has 0 saturated carbocycles. The molecule has 2 rings (SSSR count). The number of rotatable bonds is 32. The number of Topliss-reactive ketones (excluding diaryl/α,β-unsaturated/α-hetero) is 2. The van der Waals surface area contributed by atoms with Gasteiger partial charge in [-0.3, -0.25) is 23.9 Å². The van der Waals surface area contributed by atoms with E-state index in [1.54, 1.807) is 33.4 Å². The monoisotopic (exact) mass is 780 g/mol. The normalized spacial score (nSPS) is 12.4. The third-order valence-corrected chi connectivity index (χ3v) is 10.8. The minimum atomic E-state index is -3.42. The number of carbonyl (C=O) groups is 4. The smallest absolute Gasteiger partial charge is 0.234 e. The Bertz CT molecular complexity index is 1370. The summed E-state index contributed by atoms with van der Waals surface area (Å²) < 4.78 is 25.1. The SMILES string of the molecule is CCC(=O)NCCCC[C@@H](CC(=O)[C@@H](Cc1cnc[nH]1)NC)C(C)=O.CCCS(=O)(=O)NC(=O)CCCCCCCCCCCCCCCc1nn[nH]n1. The summed E-state index contributed by atoms with van der Waals surface area (Å²) in [5.41, 5.74) is 0.888. The van der Waals surface area contributed by atoms with Gasteiger partial charge in [0.2, 0.25) is 21.8 Å². The van der Waals surface area contributed by atoms with Gasteiger partial charge in [0.1, 0.15) is 5.78 Å². The quantitative estimate of drug-likeness (QED) is 0.0587. The number of unbranched alkanes of at least 4 members (excludes halogenated alkanes) is 13. The van der Waals surface area contributed by atoms with Crippen LogP contribution in [0.25, 0.3) is 0 Å². The third-order valence-electron chi connectivity index (χ3n) is 9.30. The molecule has 0 aliphatic rings. The lowest BCUT2D eigenvalue weighted by Crippen LogP contribution is -2.37. The van der Waals surface area contributed by atoms with Crippen molar-refractivity contribution in [2.75, 3.05) is 19.3 Å². The fourth-order valence-corrected chi connectivity index (χ4v) is 7.13. The maximum atomic E-state index is 12.5. The number of hydrogen-bond acceptors (Lipinski definition) is 11. The molecule has 2 amide bonds. The molecule has 0 radical (unpaired) electrons. The number of ketones is 2. The number of nitrogens with zero attached hydrogens (tertiary/aromatic N) is 4. The van der Waals surface area contributed by atoms with E-state index < -0.39 is 10.0 Å². The molecule has 2 aromatic rings. The largest absolute Gasteiger partial charge is 0.356 e. The van der Waals surface area contributed by atoms with Crippen LogP contribution in [-0.4, -0.2) is 87.8 Å². The molecule has 0 aromatic carbocycles. The molecular formula is C38H69N9O6S. The standard InChI is InChI=1S/C20H39N5O3S.C18H30N4O3/c1-2-18-29(27,28)23-20(26)17-15-13-11-9-7-5-3-4-6-8-10-12-14-16-19-21-24-25-22-19;1-4-18(25)21-8-6-5-7-14(13(2)23)9-17(24)16(19-3)10-15-11-20-12-22-15/h2-18H2,1H3,(H,23,26)(H,21,22,24,25);11-12,14,16,19H,4-10H2,1-3H3,(H,20,22)(H,21,25)/t;14-,16+/m.0/s1. The van der Waals surface area contributed by atoms with Gasteiger partial charge in [-0.2, -0.15) is 5.21 Å². The minimum absolute atomic E-state index is 0.0141. The lowest BCUT2D eigenvalue weighted by atomic mass is 9.89. The van der Waals surface area contributed by atoms with Crippen LogP contribution in [-0.2, 0) is 42.0 Å². The first-order valence-electron chi connectivity index (χ1n) is 20.2. The molecule has 2 aromatic heterocycles. The van der Waals surface area contributed by atoms with Crippen molar-refractivity contribution in [2.45, 2.75) is 168 Å². The first-order valence-corrected chi connectivity index (χ1v) is 21.9. The summed E-state index contributed by atoms with van der Waals surface area (Å²) in [5, 5.41) is 19.8. The second kappa shape index (κ2) is 30.8. The zero-order valence-corrected chi connectivity index (χ0v) is 34.2. The van der Waals surface area contributed by atoms with Crippen molar-refractivity contribution >= 4 is 33.4 Å². The fraction of sp³-hybridized carbons (Fsp3) is 0.789. The first kappa shape index (κ1) is 48.5. The second-order valence-electron chi connectivity index (χ2n) is 14.1. The van der Waals surface area contributed by atoms with E-state index in [0.29, 0.717) is 38.6 Å². The Kier molecular flexibility index (Phi) is 27.6. The van der Waals surface area contributed by atoms with Crippen molar-refractivity contribution in [1.82, 2.24) is 45.9 Å². The van der Waals surface area contributed by atoms with Gasteiger partial charge in [-0.25, -0.2) is 13.4 Å². The van der Waals surface area contributed by atoms with Gasteiger partial charge in [0, 0.05) is 56.5 Å². The van der Waals surface area contributed by atoms with Crippen LogP contribution in [0.3, 0.4) is 0 Å². The van der Waals surface area contributed by atoms with E-state index in [9.17, 15) is 27.6 Å². The lowest BCUT2D eigenvalue weighted by molar-refractivity contribution is -0.128. The third kappa shape index (κ3) is 25.5. The van der Waals surface area contributed by atoms with Crippen LogP contribution in [0.1, 0.15) is 161 Å². The fourth-order valence-electron chi connectivity index (χ4n) is 6.04. The number of aromatic nitrogens is 6. The van der Waals surface area contributed by atoms with Crippen LogP contribution in [0.5, 0.6) is 0 Å². The Hall–Kier alpha value is -3.53. The van der Waals surface area contributed by atoms with Gasteiger partial charge in [0.15, 0.2) is 11.6 Å². The van der Waals surface area contributed by atoms with Crippen molar-refractivity contribution in [3.8, 4) is 0 Å². The Balaban J connectivity index is 0.000000546. The highest BCUT2D eigenvalue weighted by atomic mass is 32.2. The number of aromatic amines is 2. The number of tetrazole rings is 1. The molecule has 16 heteroatoms. The van der Waals surface area contributed by atoms with E-state index in [1.807, 2.05) is 6.92 Å². The van der Waals surface area contributed by atoms with Crippen LogP contribution in [0.2, 0.25) is 0 Å². The van der Waals surface area contributed by atoms with Crippen molar-refractivity contribution in [3.05, 3.63) is 24.0 Å². The Morgan fingerprint density at radius 3 is 1.98 bits per heavy atom. The number of imidazole rings is 1. The summed E-state index contributed by atoms with van der Waals surface area (Å²) in [6, 6.07) is -0.328. The average Bonchev–Trinajstić information content (AvgIpc) is 3.86. The molecule has 2 atom stereocenters. The number of amides is 2. The van der Waals surface area contributed by atoms with Gasteiger partial charge in [0.05, 0.1) is 18.1 Å². The average molecular weight is 780 g/mol. The van der Waals surface area contributed by atoms with Gasteiger partial charge < -0.3 is 15.6 Å². The molecule has 0 saturated heterocycles. The molecule has 0 spiro atoms. The topological polar surface area (TPSA) is 222 Å². The van der Waals surface area contributed by atoms with E-state index >= 15 is 0 Å². The summed E-state index contributed by atoms with van der Waals surface area (Å²) in [6.07, 6.45) is 24.1. The van der Waals surface area contributed by atoms with E-state index in [-0.39, 0.29) is 47.5 Å². The van der Waals surface area contributed by atoms with Crippen molar-refractivity contribution < 1.29 is 27.6 Å². The predicted octanol–water partition coefficient (Wildman–Crippen LogP) is 5.46. The molecule has 0 unspecified atom stereocenters. The number of aryl methyl sites for hydroxylation is 1. The number of sulfonamides is 1. The first-order chi connectivity index (χ1) is 26.0. The van der Waals surface area contributed by atoms with Crippen LogP contribution >= 0.6 is 0 Å². The summed E-state index contributed by atoms with van der Waals surface area (Å²) in [7, 11) is -1.67. The molecule has 308 valence electrons. The zero-order valence-electron chi connectivity index (χ0n) is 33.4. The molecule has 0 aliphatic heterocycles. The molecule has 5 N–H and O–H groups in total. The van der Waals surface area contributed by atoms with Gasteiger partial charge in [-0.1, -0.05) is 96.1 Å². The van der Waals surface area contributed by atoms with E-state index in [1.165, 1.54) is 57.8 Å². The second-order valence-corrected chi connectivity index (χ2v) is 15.9. The Morgan fingerprint density at radius 1 is 0.833 bits per heavy atom. The van der Waals surface area contributed by atoms with Crippen LogP contribution < -0.4 is 15.4 Å². The zero-order chi connectivity index (χ0) is 39.9. The Morgan fingerprint density at radius 2 is 1.46 bits per heavy atom. The molecule has 0 aliphatic carbocycles. The highest BCUT2D eigenvalue weighted by Crippen LogP contribution is 2.17. The number of hydrogen-bond donors (Lipinski definition) is 5. The number of carbonyl (C=O) groups excluding carboxylic acids is 4. The molecular weight excluding hydrogens is 711 g/mol. The minimum Gasteiger partial charge on any atom is -0.356 e. The van der Waals surface area contributed by atoms with Gasteiger partial charge >= 0.3 is 0 Å². The maximum Gasteiger partial charge on any atom is 0.234 e. The maximum absolute atomic E-state index is 12.5. The number of H-pyrrole nitrogens is 2. The van der Waals surface area contributed by atoms with Crippen molar-refractivity contribution in [3.63, 3.8) is 0 Å². The summed E-state index contributed by atoms with van der Waals surface area (Å²) in [6.45, 7) is 5.75. The molecule has 15 nitrogen and oxygen atoms in total. The molecule has 0 fully saturated rings. The number of nitrogens with one attached hydrogen (secondary N) is 5. The highest BCUT2D eigenvalue weighted by Gasteiger charge is 2.24. The molecule has 0 bridgehead atoms. The van der Waals surface area contributed by atoms with E-state index in [2.05, 4.69) is 45.9 Å². The van der Waals surface area contributed by atoms with Crippen LogP contribution in [0.4, 0.5) is 0 Å². The van der Waals surface area contributed by atoms with Gasteiger partial charge in [0.25, 0.3) is 0 Å². The van der Waals surface area contributed by atoms with E-state index in [0.717, 1.165) is 56.5 Å². The highest BCUT2D eigenvalue weighted by molar-refractivity contribution is 7.90. The number of likely N-dealkylation sites (N-methyl/N-ethyl adjacent to an activating group) is 1. The van der Waals surface area contributed by atoms with Gasteiger partial charge in [-0.15, -0.1) is 10.2 Å². The summed E-state index contributed by atoms with van der Waals surface area (Å²) in [5.74, 6) is 0.321. The Labute approximate surface area is 323 Å². The van der Waals surface area contributed by atoms with Crippen molar-refractivity contribution in [2.24, 2.45) is 5.92 Å². The van der Waals surface area contributed by atoms with Crippen LogP contribution in [0.15, 0.2) is 12.5 Å². The predicted molar refractivity (Wildman–Crippen MR) is 211 cm³/mol. The summed E-state index contributed by atoms with van der Waals surface area (Å²) in [4.78, 5) is 54.1. The summed E-state index contributed by atoms with van der Waals surface area (Å²) >= 11 is 0. The van der Waals surface area contributed by atoms with Gasteiger partial charge in [-0.05, 0) is 46.1 Å². The van der Waals surface area contributed by atoms with E-state index in [4.69, 9.17) is 0 Å². The lowest BCUT2D eigenvalue weighted by Gasteiger charge is -2.18. The van der Waals surface area contributed by atoms with Crippen molar-refractivity contribution in [1.29, 1.82) is 0 Å². The molecule has 2 heterocycles.